The van der Waals surface area contributed by atoms with Gasteiger partial charge in [-0.2, -0.15) is 0 Å². The van der Waals surface area contributed by atoms with Crippen LogP contribution in [0.3, 0.4) is 0 Å². The quantitative estimate of drug-likeness (QED) is 0.616. The third kappa shape index (κ3) is 5.93. The molecule has 0 saturated carbocycles. The number of carboxylic acids is 2. The van der Waals surface area contributed by atoms with Gasteiger partial charge in [-0.05, 0) is 13.3 Å². The Morgan fingerprint density at radius 2 is 1.48 bits per heavy atom. The molecule has 7 heteroatoms. The summed E-state index contributed by atoms with van der Waals surface area (Å²) in [5, 5.41) is 19.8. The molecule has 7 nitrogen and oxygen atoms in total. The molecule has 21 heavy (non-hydrogen) atoms. The van der Waals surface area contributed by atoms with Gasteiger partial charge in [0.2, 0.25) is 5.91 Å². The summed E-state index contributed by atoms with van der Waals surface area (Å²) in [4.78, 5) is 45.3. The van der Waals surface area contributed by atoms with Crippen molar-refractivity contribution in [2.45, 2.75) is 53.5 Å². The molecule has 0 saturated heterocycles. The van der Waals surface area contributed by atoms with Gasteiger partial charge in [-0.25, -0.2) is 4.79 Å². The van der Waals surface area contributed by atoms with Gasteiger partial charge in [0, 0.05) is 10.8 Å². The summed E-state index contributed by atoms with van der Waals surface area (Å²) in [6.45, 7) is 8.02. The first-order valence-corrected chi connectivity index (χ1v) is 6.56. The van der Waals surface area contributed by atoms with Crippen molar-refractivity contribution in [2.75, 3.05) is 0 Å². The van der Waals surface area contributed by atoms with E-state index in [4.69, 9.17) is 10.2 Å². The first kappa shape index (κ1) is 19.1. The van der Waals surface area contributed by atoms with Crippen LogP contribution in [0.25, 0.3) is 0 Å². The van der Waals surface area contributed by atoms with Crippen LogP contribution in [-0.2, 0) is 19.2 Å². The van der Waals surface area contributed by atoms with Gasteiger partial charge in [-0.15, -0.1) is 0 Å². The first-order chi connectivity index (χ1) is 9.29. The zero-order valence-electron chi connectivity index (χ0n) is 13.0. The summed E-state index contributed by atoms with van der Waals surface area (Å²) >= 11 is 0. The monoisotopic (exact) mass is 301 g/mol. The molecule has 0 aromatic heterocycles. The number of amides is 1. The Bertz CT molecular complexity index is 452. The summed E-state index contributed by atoms with van der Waals surface area (Å²) in [5.74, 6) is -3.40. The zero-order chi connectivity index (χ0) is 17.0. The van der Waals surface area contributed by atoms with Gasteiger partial charge in [0.25, 0.3) is 0 Å². The van der Waals surface area contributed by atoms with E-state index in [1.807, 2.05) is 0 Å². The lowest BCUT2D eigenvalue weighted by Crippen LogP contribution is -2.49. The van der Waals surface area contributed by atoms with Gasteiger partial charge < -0.3 is 15.5 Å². The van der Waals surface area contributed by atoms with E-state index in [-0.39, 0.29) is 12.2 Å². The molecule has 0 aromatic carbocycles. The number of carbonyl (C=O) groups excluding carboxylic acids is 2. The van der Waals surface area contributed by atoms with Crippen LogP contribution >= 0.6 is 0 Å². The van der Waals surface area contributed by atoms with Gasteiger partial charge in [-0.3, -0.25) is 14.4 Å². The van der Waals surface area contributed by atoms with Crippen LogP contribution in [0.4, 0.5) is 0 Å². The maximum absolute atomic E-state index is 12.2. The zero-order valence-corrected chi connectivity index (χ0v) is 13.0. The molecular weight excluding hydrogens is 278 g/mol. The van der Waals surface area contributed by atoms with Crippen LogP contribution in [0, 0.1) is 10.8 Å². The van der Waals surface area contributed by atoms with Crippen LogP contribution in [0.5, 0.6) is 0 Å². The van der Waals surface area contributed by atoms with Gasteiger partial charge >= 0.3 is 11.9 Å². The molecule has 0 fully saturated rings. The molecule has 0 heterocycles. The number of aliphatic carboxylic acids is 2. The van der Waals surface area contributed by atoms with Crippen LogP contribution < -0.4 is 5.32 Å². The summed E-state index contributed by atoms with van der Waals surface area (Å²) in [6, 6.07) is -1.49. The van der Waals surface area contributed by atoms with E-state index in [2.05, 4.69) is 5.32 Å². The molecule has 3 N–H and O–H groups in total. The van der Waals surface area contributed by atoms with E-state index >= 15 is 0 Å². The van der Waals surface area contributed by atoms with Crippen LogP contribution in [0.1, 0.15) is 47.5 Å². The molecule has 0 radical (unpaired) electrons. The molecular formula is C14H23NO6. The largest absolute Gasteiger partial charge is 0.481 e. The molecule has 0 aliphatic carbocycles. The highest BCUT2D eigenvalue weighted by atomic mass is 16.4. The first-order valence-electron chi connectivity index (χ1n) is 6.56. The van der Waals surface area contributed by atoms with Crippen molar-refractivity contribution in [3.63, 3.8) is 0 Å². The second-order valence-electron chi connectivity index (χ2n) is 6.46. The highest BCUT2D eigenvalue weighted by Gasteiger charge is 2.38. The minimum atomic E-state index is -1.49. The molecule has 1 unspecified atom stereocenters. The molecule has 0 aromatic rings. The molecule has 0 aliphatic heterocycles. The van der Waals surface area contributed by atoms with Crippen molar-refractivity contribution in [1.82, 2.24) is 5.32 Å². The van der Waals surface area contributed by atoms with Crippen molar-refractivity contribution in [1.29, 1.82) is 0 Å². The van der Waals surface area contributed by atoms with Crippen LogP contribution in [-0.4, -0.2) is 39.9 Å². The predicted octanol–water partition coefficient (Wildman–Crippen LogP) is 1.06. The van der Waals surface area contributed by atoms with Crippen molar-refractivity contribution >= 4 is 23.6 Å². The standard InChI is InChI=1S/C14H23NO6/c1-8(16)13(2,3)7-14(4,5)12(21)15-9(11(19)20)6-10(17)18/h9H,6-7H2,1-5H3,(H,15,21)(H,17,18)(H,19,20). The van der Waals surface area contributed by atoms with E-state index in [9.17, 15) is 19.2 Å². The van der Waals surface area contributed by atoms with E-state index in [1.54, 1.807) is 27.7 Å². The summed E-state index contributed by atoms with van der Waals surface area (Å²) in [6.07, 6.45) is -0.478. The third-order valence-corrected chi connectivity index (χ3v) is 3.43. The van der Waals surface area contributed by atoms with Crippen molar-refractivity contribution in [3.8, 4) is 0 Å². The third-order valence-electron chi connectivity index (χ3n) is 3.43. The second-order valence-corrected chi connectivity index (χ2v) is 6.46. The van der Waals surface area contributed by atoms with E-state index < -0.39 is 41.1 Å². The molecule has 1 atom stereocenters. The smallest absolute Gasteiger partial charge is 0.326 e. The number of ketones is 1. The molecule has 1 amide bonds. The fourth-order valence-corrected chi connectivity index (χ4v) is 2.04. The van der Waals surface area contributed by atoms with Crippen molar-refractivity contribution < 1.29 is 29.4 Å². The number of carbonyl (C=O) groups is 4. The van der Waals surface area contributed by atoms with Gasteiger partial charge in [0.15, 0.2) is 0 Å². The lowest BCUT2D eigenvalue weighted by Gasteiger charge is -2.32. The average Bonchev–Trinajstić information content (AvgIpc) is 2.25. The lowest BCUT2D eigenvalue weighted by atomic mass is 9.72. The fraction of sp³-hybridized carbons (Fsp3) is 0.714. The second kappa shape index (κ2) is 6.69. The summed E-state index contributed by atoms with van der Waals surface area (Å²) < 4.78 is 0. The molecule has 0 aliphatic rings. The van der Waals surface area contributed by atoms with Crippen LogP contribution in [0.15, 0.2) is 0 Å². The Morgan fingerprint density at radius 3 is 1.81 bits per heavy atom. The minimum absolute atomic E-state index is 0.0799. The normalized spacial score (nSPS) is 13.4. The Hall–Kier alpha value is -1.92. The topological polar surface area (TPSA) is 121 Å². The molecule has 0 bridgehead atoms. The van der Waals surface area contributed by atoms with Crippen molar-refractivity contribution in [3.05, 3.63) is 0 Å². The molecule has 0 rings (SSSR count). The predicted molar refractivity (Wildman–Crippen MR) is 74.7 cm³/mol. The number of nitrogens with one attached hydrogen (secondary N) is 1. The Kier molecular flexibility index (Phi) is 6.08. The summed E-state index contributed by atoms with van der Waals surface area (Å²) in [5.41, 5.74) is -1.73. The highest BCUT2D eigenvalue weighted by Crippen LogP contribution is 2.34. The van der Waals surface area contributed by atoms with E-state index in [0.29, 0.717) is 0 Å². The van der Waals surface area contributed by atoms with E-state index in [1.165, 1.54) is 6.92 Å². The molecule has 0 spiro atoms. The molecule has 120 valence electrons. The van der Waals surface area contributed by atoms with Crippen molar-refractivity contribution in [2.24, 2.45) is 10.8 Å². The SMILES string of the molecule is CC(=O)C(C)(C)CC(C)(C)C(=O)NC(CC(=O)O)C(=O)O. The number of carboxylic acid groups (broad SMARTS) is 2. The lowest BCUT2D eigenvalue weighted by molar-refractivity contribution is -0.148. The minimum Gasteiger partial charge on any atom is -0.481 e. The highest BCUT2D eigenvalue weighted by molar-refractivity contribution is 5.90. The number of Topliss-reactive ketones (excluding diaryl/α,β-unsaturated/α-hetero) is 1. The van der Waals surface area contributed by atoms with Crippen LogP contribution in [0.2, 0.25) is 0 Å². The Labute approximate surface area is 123 Å². The van der Waals surface area contributed by atoms with Gasteiger partial charge in [-0.1, -0.05) is 27.7 Å². The fourth-order valence-electron chi connectivity index (χ4n) is 2.04. The maximum Gasteiger partial charge on any atom is 0.326 e. The number of hydrogen-bond acceptors (Lipinski definition) is 4. The van der Waals surface area contributed by atoms with Gasteiger partial charge in [0.1, 0.15) is 11.8 Å². The van der Waals surface area contributed by atoms with E-state index in [0.717, 1.165) is 0 Å². The Morgan fingerprint density at radius 1 is 1.00 bits per heavy atom. The number of hydrogen-bond donors (Lipinski definition) is 3. The summed E-state index contributed by atoms with van der Waals surface area (Å²) in [7, 11) is 0. The Balaban J connectivity index is 5.00. The van der Waals surface area contributed by atoms with Gasteiger partial charge in [0.05, 0.1) is 6.42 Å². The average molecular weight is 301 g/mol. The number of rotatable bonds is 8. The maximum atomic E-state index is 12.2.